The zero-order valence-corrected chi connectivity index (χ0v) is 16.2. The Morgan fingerprint density at radius 2 is 1.75 bits per heavy atom. The van der Waals surface area contributed by atoms with E-state index in [0.717, 1.165) is 11.1 Å². The first-order chi connectivity index (χ1) is 13.5. The Kier molecular flexibility index (Phi) is 7.92. The van der Waals surface area contributed by atoms with E-state index in [-0.39, 0.29) is 5.11 Å². The van der Waals surface area contributed by atoms with Crippen LogP contribution in [0, 0.1) is 6.92 Å². The van der Waals surface area contributed by atoms with Crippen LogP contribution in [0.2, 0.25) is 0 Å². The molecule has 2 aromatic carbocycles. The third-order valence-electron chi connectivity index (χ3n) is 3.52. The van der Waals surface area contributed by atoms with Gasteiger partial charge in [-0.05, 0) is 55.0 Å². The molecule has 0 atom stereocenters. The van der Waals surface area contributed by atoms with Gasteiger partial charge in [-0.1, -0.05) is 42.5 Å². The van der Waals surface area contributed by atoms with E-state index in [4.69, 9.17) is 17.0 Å². The van der Waals surface area contributed by atoms with Gasteiger partial charge in [-0.25, -0.2) is 0 Å². The summed E-state index contributed by atoms with van der Waals surface area (Å²) in [6.45, 7) is 5.95. The first-order valence-corrected chi connectivity index (χ1v) is 8.88. The number of nitrogens with one attached hydrogen (secondary N) is 3. The third kappa shape index (κ3) is 7.05. The number of hydrogen-bond acceptors (Lipinski definition) is 4. The summed E-state index contributed by atoms with van der Waals surface area (Å²) >= 11 is 4.99. The van der Waals surface area contributed by atoms with Crippen LogP contribution >= 0.6 is 12.2 Å². The fraction of sp³-hybridized carbons (Fsp3) is 0.0952. The average molecular weight is 395 g/mol. The molecule has 2 amide bonds. The summed E-state index contributed by atoms with van der Waals surface area (Å²) in [5.74, 6) is -0.175. The number of hydrazine groups is 1. The number of benzene rings is 2. The second kappa shape index (κ2) is 10.6. The van der Waals surface area contributed by atoms with Crippen molar-refractivity contribution in [1.82, 2.24) is 16.2 Å². The number of hydrogen-bond donors (Lipinski definition) is 3. The fourth-order valence-corrected chi connectivity index (χ4v) is 2.23. The van der Waals surface area contributed by atoms with Gasteiger partial charge >= 0.3 is 0 Å². The van der Waals surface area contributed by atoms with E-state index in [2.05, 4.69) is 22.7 Å². The van der Waals surface area contributed by atoms with Crippen molar-refractivity contribution in [3.8, 4) is 5.75 Å². The molecule has 2 rings (SSSR count). The number of ether oxygens (including phenoxy) is 1. The zero-order chi connectivity index (χ0) is 20.4. The molecule has 0 aliphatic carbocycles. The molecule has 0 bridgehead atoms. The minimum atomic E-state index is -0.406. The van der Waals surface area contributed by atoms with Crippen LogP contribution < -0.4 is 20.9 Å². The van der Waals surface area contributed by atoms with Gasteiger partial charge in [0.2, 0.25) is 5.91 Å². The van der Waals surface area contributed by atoms with Crippen LogP contribution in [0.5, 0.6) is 5.75 Å². The summed E-state index contributed by atoms with van der Waals surface area (Å²) in [5, 5.41) is 2.44. The Morgan fingerprint density at radius 1 is 1.07 bits per heavy atom. The lowest BCUT2D eigenvalue weighted by Gasteiger charge is -2.10. The number of aryl methyl sites for hydroxylation is 1. The van der Waals surface area contributed by atoms with Crippen molar-refractivity contribution < 1.29 is 14.3 Å². The van der Waals surface area contributed by atoms with Crippen molar-refractivity contribution in [2.75, 3.05) is 6.61 Å². The molecule has 0 aromatic heterocycles. The smallest absolute Gasteiger partial charge is 0.269 e. The maximum Gasteiger partial charge on any atom is 0.269 e. The maximum absolute atomic E-state index is 12.1. The minimum Gasteiger partial charge on any atom is -0.490 e. The Hall–Kier alpha value is -3.45. The van der Waals surface area contributed by atoms with Crippen molar-refractivity contribution in [3.05, 3.63) is 84.0 Å². The van der Waals surface area contributed by atoms with Crippen molar-refractivity contribution in [2.24, 2.45) is 0 Å². The monoisotopic (exact) mass is 395 g/mol. The number of amides is 2. The molecular weight excluding hydrogens is 374 g/mol. The fourth-order valence-electron chi connectivity index (χ4n) is 2.08. The predicted octanol–water partition coefficient (Wildman–Crippen LogP) is 2.91. The van der Waals surface area contributed by atoms with Crippen LogP contribution in [0.1, 0.15) is 21.5 Å². The SMILES string of the molecule is C=CCOc1ccc(C(=O)NNC(=S)NC(=O)/C=C/c2ccc(C)cc2)cc1. The van der Waals surface area contributed by atoms with Gasteiger partial charge in [0.25, 0.3) is 5.91 Å². The predicted molar refractivity (Wildman–Crippen MR) is 114 cm³/mol. The lowest BCUT2D eigenvalue weighted by Crippen LogP contribution is -2.48. The van der Waals surface area contributed by atoms with Crippen molar-refractivity contribution in [1.29, 1.82) is 0 Å². The molecule has 0 aliphatic heterocycles. The summed E-state index contributed by atoms with van der Waals surface area (Å²) in [6, 6.07) is 14.3. The van der Waals surface area contributed by atoms with E-state index in [1.54, 1.807) is 36.4 Å². The molecule has 7 heteroatoms. The van der Waals surface area contributed by atoms with Crippen LogP contribution in [0.3, 0.4) is 0 Å². The highest BCUT2D eigenvalue weighted by Gasteiger charge is 2.07. The highest BCUT2D eigenvalue weighted by molar-refractivity contribution is 7.80. The molecule has 0 heterocycles. The number of carbonyl (C=O) groups is 2. The van der Waals surface area contributed by atoms with Crippen LogP contribution in [0.15, 0.2) is 67.3 Å². The van der Waals surface area contributed by atoms with Gasteiger partial charge in [0.1, 0.15) is 12.4 Å². The molecule has 0 radical (unpaired) electrons. The molecule has 3 N–H and O–H groups in total. The van der Waals surface area contributed by atoms with Gasteiger partial charge in [0.05, 0.1) is 0 Å². The molecule has 0 fully saturated rings. The van der Waals surface area contributed by atoms with Crippen LogP contribution in [0.4, 0.5) is 0 Å². The Labute approximate surface area is 169 Å². The lowest BCUT2D eigenvalue weighted by atomic mass is 10.1. The summed E-state index contributed by atoms with van der Waals surface area (Å²) < 4.78 is 5.35. The van der Waals surface area contributed by atoms with E-state index in [0.29, 0.717) is 17.9 Å². The Morgan fingerprint density at radius 3 is 2.39 bits per heavy atom. The van der Waals surface area contributed by atoms with Crippen LogP contribution in [-0.2, 0) is 4.79 Å². The van der Waals surface area contributed by atoms with Gasteiger partial charge in [0, 0.05) is 11.6 Å². The van der Waals surface area contributed by atoms with E-state index in [1.165, 1.54) is 6.08 Å². The molecule has 28 heavy (non-hydrogen) atoms. The molecule has 0 unspecified atom stereocenters. The van der Waals surface area contributed by atoms with Gasteiger partial charge in [-0.2, -0.15) is 0 Å². The summed E-state index contributed by atoms with van der Waals surface area (Å²) in [7, 11) is 0. The largest absolute Gasteiger partial charge is 0.490 e. The average Bonchev–Trinajstić information content (AvgIpc) is 2.70. The summed E-state index contributed by atoms with van der Waals surface area (Å²) in [5.41, 5.74) is 7.35. The second-order valence-corrected chi connectivity index (χ2v) is 6.17. The standard InChI is InChI=1S/C21H21N3O3S/c1-3-14-27-18-11-9-17(10-12-18)20(26)23-24-21(28)22-19(25)13-8-16-6-4-15(2)5-7-16/h3-13H,1,14H2,2H3,(H,23,26)(H2,22,24,25,28)/b13-8+. The van der Waals surface area contributed by atoms with E-state index < -0.39 is 11.8 Å². The summed E-state index contributed by atoms with van der Waals surface area (Å²) in [6.07, 6.45) is 4.67. The van der Waals surface area contributed by atoms with Gasteiger partial charge in [-0.3, -0.25) is 25.8 Å². The first kappa shape index (κ1) is 20.9. The second-order valence-electron chi connectivity index (χ2n) is 5.77. The molecule has 0 spiro atoms. The topological polar surface area (TPSA) is 79.5 Å². The molecular formula is C21H21N3O3S. The van der Waals surface area contributed by atoms with Crippen LogP contribution in [0.25, 0.3) is 6.08 Å². The van der Waals surface area contributed by atoms with E-state index in [1.807, 2.05) is 31.2 Å². The number of carbonyl (C=O) groups excluding carboxylic acids is 2. The molecule has 0 saturated heterocycles. The van der Waals surface area contributed by atoms with Crippen molar-refractivity contribution >= 4 is 35.2 Å². The highest BCUT2D eigenvalue weighted by Crippen LogP contribution is 2.12. The molecule has 0 saturated carbocycles. The van der Waals surface area contributed by atoms with Gasteiger partial charge in [0.15, 0.2) is 5.11 Å². The minimum absolute atomic E-state index is 0.0159. The first-order valence-electron chi connectivity index (χ1n) is 8.48. The lowest BCUT2D eigenvalue weighted by molar-refractivity contribution is -0.115. The summed E-state index contributed by atoms with van der Waals surface area (Å²) in [4.78, 5) is 24.0. The van der Waals surface area contributed by atoms with Gasteiger partial charge in [-0.15, -0.1) is 0 Å². The molecule has 6 nitrogen and oxygen atoms in total. The molecule has 144 valence electrons. The zero-order valence-electron chi connectivity index (χ0n) is 15.4. The maximum atomic E-state index is 12.1. The molecule has 2 aromatic rings. The van der Waals surface area contributed by atoms with Gasteiger partial charge < -0.3 is 4.74 Å². The Bertz CT molecular complexity index is 875. The normalized spacial score (nSPS) is 10.2. The van der Waals surface area contributed by atoms with E-state index in [9.17, 15) is 9.59 Å². The number of thiocarbonyl (C=S) groups is 1. The Balaban J connectivity index is 1.77. The van der Waals surface area contributed by atoms with Crippen molar-refractivity contribution in [3.63, 3.8) is 0 Å². The number of rotatable bonds is 6. The van der Waals surface area contributed by atoms with E-state index >= 15 is 0 Å². The van der Waals surface area contributed by atoms with Crippen molar-refractivity contribution in [2.45, 2.75) is 6.92 Å². The van der Waals surface area contributed by atoms with Crippen LogP contribution in [-0.4, -0.2) is 23.5 Å². The highest BCUT2D eigenvalue weighted by atomic mass is 32.1. The quantitative estimate of drug-likeness (QED) is 0.303. The third-order valence-corrected chi connectivity index (χ3v) is 3.72. The molecule has 0 aliphatic rings.